The van der Waals surface area contributed by atoms with E-state index in [1.807, 2.05) is 0 Å². The van der Waals surface area contributed by atoms with Gasteiger partial charge in [-0.2, -0.15) is 0 Å². The molecule has 0 atom stereocenters. The largest absolute Gasteiger partial charge is 0.486 e. The molecule has 1 aromatic heterocycles. The summed E-state index contributed by atoms with van der Waals surface area (Å²) in [6.07, 6.45) is 0. The van der Waals surface area contributed by atoms with Gasteiger partial charge >= 0.3 is 5.97 Å². The summed E-state index contributed by atoms with van der Waals surface area (Å²) in [7, 11) is 0. The smallest absolute Gasteiger partial charge is 0.338 e. The Morgan fingerprint density at radius 1 is 0.966 bits per heavy atom. The van der Waals surface area contributed by atoms with Crippen molar-refractivity contribution in [1.29, 1.82) is 0 Å². The summed E-state index contributed by atoms with van der Waals surface area (Å²) in [4.78, 5) is 27.2. The minimum Gasteiger partial charge on any atom is -0.486 e. The van der Waals surface area contributed by atoms with E-state index in [1.165, 1.54) is 47.7 Å². The summed E-state index contributed by atoms with van der Waals surface area (Å²) in [5, 5.41) is 2.48. The van der Waals surface area contributed by atoms with Crippen molar-refractivity contribution in [2.75, 3.05) is 6.61 Å². The van der Waals surface area contributed by atoms with Crippen molar-refractivity contribution in [2.45, 2.75) is 13.2 Å². The van der Waals surface area contributed by atoms with E-state index in [1.54, 1.807) is 17.5 Å². The van der Waals surface area contributed by atoms with E-state index in [0.717, 1.165) is 0 Å². The fourth-order valence-electron chi connectivity index (χ4n) is 2.22. The van der Waals surface area contributed by atoms with Gasteiger partial charge in [-0.15, -0.1) is 11.3 Å². The third-order valence-electron chi connectivity index (χ3n) is 3.60. The quantitative estimate of drug-likeness (QED) is 0.538. The number of benzene rings is 2. The maximum atomic E-state index is 12.9. The molecule has 150 valence electrons. The van der Waals surface area contributed by atoms with Crippen LogP contribution in [0.2, 0.25) is 0 Å². The number of nitrogens with zero attached hydrogens (tertiary/aromatic N) is 1. The molecule has 0 aliphatic rings. The monoisotopic (exact) mass is 416 g/mol. The highest BCUT2D eigenvalue weighted by Crippen LogP contribution is 2.17. The van der Waals surface area contributed by atoms with Crippen molar-refractivity contribution < 1.29 is 28.2 Å². The number of esters is 1. The summed E-state index contributed by atoms with van der Waals surface area (Å²) in [6, 6.07) is 11.9. The Kier molecular flexibility index (Phi) is 6.75. The van der Waals surface area contributed by atoms with Gasteiger partial charge in [0.1, 0.15) is 35.5 Å². The minimum absolute atomic E-state index is 0.0197. The number of carbonyl (C=O) groups is 2. The molecule has 0 fully saturated rings. The number of primary amides is 1. The average Bonchev–Trinajstić information content (AvgIpc) is 3.18. The zero-order chi connectivity index (χ0) is 20.6. The van der Waals surface area contributed by atoms with Crippen molar-refractivity contribution >= 4 is 23.2 Å². The van der Waals surface area contributed by atoms with Gasteiger partial charge in [-0.3, -0.25) is 4.79 Å². The average molecular weight is 416 g/mol. The zero-order valence-electron chi connectivity index (χ0n) is 15.2. The Hall–Kier alpha value is -3.46. The lowest BCUT2D eigenvalue weighted by Crippen LogP contribution is -2.20. The lowest BCUT2D eigenvalue weighted by molar-refractivity contribution is -0.119. The lowest BCUT2D eigenvalue weighted by Gasteiger charge is -2.06. The van der Waals surface area contributed by atoms with Crippen LogP contribution in [0.15, 0.2) is 53.9 Å². The van der Waals surface area contributed by atoms with Crippen molar-refractivity contribution in [3.05, 3.63) is 76.0 Å². The molecule has 3 aromatic rings. The molecular weight excluding hydrogens is 399 g/mol. The highest BCUT2D eigenvalue weighted by atomic mass is 32.1. The summed E-state index contributed by atoms with van der Waals surface area (Å²) < 4.78 is 28.8. The van der Waals surface area contributed by atoms with Crippen molar-refractivity contribution in [3.63, 3.8) is 0 Å². The van der Waals surface area contributed by atoms with E-state index in [9.17, 15) is 14.0 Å². The number of carbonyl (C=O) groups excluding carboxylic acids is 2. The highest BCUT2D eigenvalue weighted by Gasteiger charge is 2.10. The number of ether oxygens (including phenoxy) is 3. The highest BCUT2D eigenvalue weighted by molar-refractivity contribution is 7.09. The Bertz CT molecular complexity index is 973. The molecule has 29 heavy (non-hydrogen) atoms. The number of halogens is 1. The number of amides is 1. The van der Waals surface area contributed by atoms with Crippen LogP contribution in [-0.4, -0.2) is 23.5 Å². The van der Waals surface area contributed by atoms with Crippen LogP contribution < -0.4 is 15.2 Å². The second-order valence-electron chi connectivity index (χ2n) is 5.83. The van der Waals surface area contributed by atoms with E-state index in [4.69, 9.17) is 19.9 Å². The van der Waals surface area contributed by atoms with E-state index >= 15 is 0 Å². The first kappa shape index (κ1) is 20.3. The van der Waals surface area contributed by atoms with Gasteiger partial charge in [0.2, 0.25) is 0 Å². The number of rotatable bonds is 9. The maximum Gasteiger partial charge on any atom is 0.338 e. The Morgan fingerprint density at radius 2 is 1.62 bits per heavy atom. The fraction of sp³-hybridized carbons (Fsp3) is 0.150. The number of thiazole rings is 1. The number of nitrogens with two attached hydrogens (primary N) is 1. The van der Waals surface area contributed by atoms with Gasteiger partial charge in [-0.05, 0) is 48.5 Å². The van der Waals surface area contributed by atoms with Crippen LogP contribution in [0, 0.1) is 5.82 Å². The van der Waals surface area contributed by atoms with Crippen LogP contribution in [0.1, 0.15) is 21.1 Å². The third kappa shape index (κ3) is 6.28. The summed E-state index contributed by atoms with van der Waals surface area (Å²) in [5.74, 6) is -0.463. The molecule has 0 saturated heterocycles. The topological polar surface area (TPSA) is 101 Å². The van der Waals surface area contributed by atoms with Crippen molar-refractivity contribution in [1.82, 2.24) is 4.98 Å². The molecule has 0 bridgehead atoms. The van der Waals surface area contributed by atoms with E-state index < -0.39 is 11.9 Å². The number of hydrogen-bond acceptors (Lipinski definition) is 7. The zero-order valence-corrected chi connectivity index (χ0v) is 16.0. The Balaban J connectivity index is 1.46. The minimum atomic E-state index is -0.584. The van der Waals surface area contributed by atoms with Gasteiger partial charge in [-0.25, -0.2) is 14.2 Å². The van der Waals surface area contributed by atoms with Gasteiger partial charge in [0.25, 0.3) is 5.91 Å². The molecule has 0 aliphatic carbocycles. The first-order chi connectivity index (χ1) is 14.0. The van der Waals surface area contributed by atoms with Gasteiger partial charge < -0.3 is 19.9 Å². The van der Waals surface area contributed by atoms with Gasteiger partial charge in [0.05, 0.1) is 11.3 Å². The van der Waals surface area contributed by atoms with E-state index in [2.05, 4.69) is 4.98 Å². The molecule has 1 amide bonds. The summed E-state index contributed by atoms with van der Waals surface area (Å²) in [5.41, 5.74) is 5.94. The first-order valence-corrected chi connectivity index (χ1v) is 9.37. The van der Waals surface area contributed by atoms with Gasteiger partial charge in [-0.1, -0.05) is 0 Å². The normalized spacial score (nSPS) is 10.4. The van der Waals surface area contributed by atoms with Crippen LogP contribution in [0.5, 0.6) is 11.5 Å². The molecule has 0 aliphatic heterocycles. The summed E-state index contributed by atoms with van der Waals surface area (Å²) in [6.45, 7) is 0.0175. The van der Waals surface area contributed by atoms with Crippen LogP contribution in [0.3, 0.4) is 0 Å². The molecule has 0 radical (unpaired) electrons. The Morgan fingerprint density at radius 3 is 2.31 bits per heavy atom. The van der Waals surface area contributed by atoms with Crippen LogP contribution in [-0.2, 0) is 22.7 Å². The van der Waals surface area contributed by atoms with E-state index in [0.29, 0.717) is 27.8 Å². The SMILES string of the molecule is NC(=O)COc1ccc(C(=O)OCc2csc(COc3ccc(F)cc3)n2)cc1. The van der Waals surface area contributed by atoms with E-state index in [-0.39, 0.29) is 25.6 Å². The standard InChI is InChI=1S/C20H17FN2O5S/c21-14-3-7-17(8-4-14)27-11-19-23-15(12-29-19)9-28-20(25)13-1-5-16(6-2-13)26-10-18(22)24/h1-8,12H,9-11H2,(H2,22,24). The van der Waals surface area contributed by atoms with Crippen LogP contribution in [0.4, 0.5) is 4.39 Å². The van der Waals surface area contributed by atoms with Crippen molar-refractivity contribution in [3.8, 4) is 11.5 Å². The molecule has 1 heterocycles. The molecular formula is C20H17FN2O5S. The maximum absolute atomic E-state index is 12.9. The lowest BCUT2D eigenvalue weighted by atomic mass is 10.2. The van der Waals surface area contributed by atoms with Crippen molar-refractivity contribution in [2.24, 2.45) is 5.73 Å². The molecule has 3 rings (SSSR count). The first-order valence-electron chi connectivity index (χ1n) is 8.49. The molecule has 0 spiro atoms. The number of aromatic nitrogens is 1. The fourth-order valence-corrected chi connectivity index (χ4v) is 2.91. The molecule has 2 aromatic carbocycles. The van der Waals surface area contributed by atoms with Gasteiger partial charge in [0, 0.05) is 5.38 Å². The van der Waals surface area contributed by atoms with Crippen LogP contribution >= 0.6 is 11.3 Å². The van der Waals surface area contributed by atoms with Gasteiger partial charge in [0.15, 0.2) is 6.61 Å². The molecule has 0 saturated carbocycles. The third-order valence-corrected chi connectivity index (χ3v) is 4.47. The van der Waals surface area contributed by atoms with Crippen LogP contribution in [0.25, 0.3) is 0 Å². The number of hydrogen-bond donors (Lipinski definition) is 1. The second kappa shape index (κ2) is 9.65. The molecule has 7 nitrogen and oxygen atoms in total. The molecule has 0 unspecified atom stereocenters. The predicted molar refractivity (Wildman–Crippen MR) is 103 cm³/mol. The molecule has 2 N–H and O–H groups in total. The second-order valence-corrected chi connectivity index (χ2v) is 6.77. The molecule has 9 heteroatoms. The predicted octanol–water partition coefficient (Wildman–Crippen LogP) is 3.08. The Labute approximate surface area is 169 Å². The summed E-state index contributed by atoms with van der Waals surface area (Å²) >= 11 is 1.37.